The molecule has 0 aliphatic rings. The maximum absolute atomic E-state index is 11.2. The fourth-order valence-corrected chi connectivity index (χ4v) is 2.33. The molecule has 2 aromatic rings. The lowest BCUT2D eigenvalue weighted by molar-refractivity contribution is 0.0697. The molecule has 1 N–H and O–H groups in total. The molecule has 0 heterocycles. The van der Waals surface area contributed by atoms with Crippen LogP contribution in [-0.2, 0) is 0 Å². The van der Waals surface area contributed by atoms with Gasteiger partial charge in [0.25, 0.3) is 0 Å². The number of nitrogens with zero attached hydrogens (tertiary/aromatic N) is 1. The van der Waals surface area contributed by atoms with E-state index in [2.05, 4.69) is 24.0 Å². The first-order valence-electron chi connectivity index (χ1n) is 7.01. The molecule has 0 unspecified atom stereocenters. The van der Waals surface area contributed by atoms with Crippen LogP contribution in [0.3, 0.4) is 0 Å². The zero-order valence-corrected chi connectivity index (χ0v) is 12.9. The molecule has 0 aliphatic carbocycles. The number of aryl methyl sites for hydroxylation is 1. The van der Waals surface area contributed by atoms with E-state index in [4.69, 9.17) is 5.11 Å². The molecule has 3 heteroatoms. The summed E-state index contributed by atoms with van der Waals surface area (Å²) in [6, 6.07) is 13.9. The van der Waals surface area contributed by atoms with Crippen molar-refractivity contribution in [3.8, 4) is 11.1 Å². The van der Waals surface area contributed by atoms with E-state index in [0.717, 1.165) is 16.7 Å². The first-order chi connectivity index (χ1) is 9.90. The molecule has 2 rings (SSSR count). The Kier molecular flexibility index (Phi) is 4.43. The number of carbonyl (C=O) groups is 1. The lowest BCUT2D eigenvalue weighted by atomic mass is 9.95. The second-order valence-corrected chi connectivity index (χ2v) is 5.60. The van der Waals surface area contributed by atoms with E-state index < -0.39 is 5.97 Å². The van der Waals surface area contributed by atoms with Crippen LogP contribution in [0.2, 0.25) is 0 Å². The summed E-state index contributed by atoms with van der Waals surface area (Å²) in [6.45, 7) is 4.16. The Bertz CT molecular complexity index is 662. The third-order valence-corrected chi connectivity index (χ3v) is 3.94. The maximum Gasteiger partial charge on any atom is 0.335 e. The Labute approximate surface area is 125 Å². The first-order valence-corrected chi connectivity index (χ1v) is 7.01. The molecule has 0 fully saturated rings. The highest BCUT2D eigenvalue weighted by atomic mass is 16.4. The summed E-state index contributed by atoms with van der Waals surface area (Å²) in [5.41, 5.74) is 4.65. The number of rotatable bonds is 4. The average molecular weight is 283 g/mol. The predicted octanol–water partition coefficient (Wildman–Crippen LogP) is 3.98. The monoisotopic (exact) mass is 283 g/mol. The topological polar surface area (TPSA) is 40.5 Å². The number of hydrogen-bond donors (Lipinski definition) is 1. The Hall–Kier alpha value is -2.13. The van der Waals surface area contributed by atoms with Gasteiger partial charge in [0.1, 0.15) is 0 Å². The summed E-state index contributed by atoms with van der Waals surface area (Å²) >= 11 is 0. The third kappa shape index (κ3) is 3.31. The molecule has 3 nitrogen and oxygen atoms in total. The zero-order chi connectivity index (χ0) is 15.6. The number of carboxylic acids is 1. The van der Waals surface area contributed by atoms with Crippen molar-refractivity contribution in [3.63, 3.8) is 0 Å². The highest BCUT2D eigenvalue weighted by Gasteiger charge is 2.11. The minimum Gasteiger partial charge on any atom is -0.478 e. The van der Waals surface area contributed by atoms with Crippen LogP contribution in [0.1, 0.15) is 34.5 Å². The fraction of sp³-hybridized carbons (Fsp3) is 0.278. The second kappa shape index (κ2) is 6.10. The van der Waals surface area contributed by atoms with Crippen molar-refractivity contribution in [3.05, 3.63) is 59.2 Å². The van der Waals surface area contributed by atoms with Crippen LogP contribution in [0, 0.1) is 6.92 Å². The minimum atomic E-state index is -0.894. The van der Waals surface area contributed by atoms with Crippen LogP contribution < -0.4 is 0 Å². The third-order valence-electron chi connectivity index (χ3n) is 3.94. The van der Waals surface area contributed by atoms with Crippen LogP contribution in [0.25, 0.3) is 11.1 Å². The van der Waals surface area contributed by atoms with Gasteiger partial charge < -0.3 is 10.0 Å². The van der Waals surface area contributed by atoms with Crippen LogP contribution in [0.15, 0.2) is 42.5 Å². The quantitative estimate of drug-likeness (QED) is 0.922. The smallest absolute Gasteiger partial charge is 0.335 e. The molecule has 0 radical (unpaired) electrons. The summed E-state index contributed by atoms with van der Waals surface area (Å²) < 4.78 is 0. The summed E-state index contributed by atoms with van der Waals surface area (Å²) in [4.78, 5) is 13.3. The summed E-state index contributed by atoms with van der Waals surface area (Å²) in [6.07, 6.45) is 0. The van der Waals surface area contributed by atoms with Crippen molar-refractivity contribution >= 4 is 5.97 Å². The molecule has 1 atom stereocenters. The van der Waals surface area contributed by atoms with Gasteiger partial charge in [-0.25, -0.2) is 4.79 Å². The zero-order valence-electron chi connectivity index (χ0n) is 12.9. The molecule has 0 saturated heterocycles. The van der Waals surface area contributed by atoms with Crippen molar-refractivity contribution < 1.29 is 9.90 Å². The first kappa shape index (κ1) is 15.3. The molecule has 110 valence electrons. The second-order valence-electron chi connectivity index (χ2n) is 5.60. The van der Waals surface area contributed by atoms with Gasteiger partial charge in [-0.05, 0) is 68.4 Å². The van der Waals surface area contributed by atoms with Crippen molar-refractivity contribution in [2.45, 2.75) is 19.9 Å². The number of hydrogen-bond acceptors (Lipinski definition) is 2. The van der Waals surface area contributed by atoms with Gasteiger partial charge >= 0.3 is 5.97 Å². The lowest BCUT2D eigenvalue weighted by Crippen LogP contribution is -2.16. The van der Waals surface area contributed by atoms with Crippen LogP contribution in [0.5, 0.6) is 0 Å². The standard InChI is InChI=1S/C18H21NO2/c1-12-8-9-16(18(20)21)11-17(12)15-7-5-6-14(10-15)13(2)19(3)4/h5-11,13H,1-4H3,(H,20,21)/t13-/m1/s1. The van der Waals surface area contributed by atoms with Crippen LogP contribution in [0.4, 0.5) is 0 Å². The van der Waals surface area contributed by atoms with Gasteiger partial charge in [0.2, 0.25) is 0 Å². The van der Waals surface area contributed by atoms with E-state index in [1.165, 1.54) is 5.56 Å². The van der Waals surface area contributed by atoms with Crippen molar-refractivity contribution in [2.24, 2.45) is 0 Å². The number of aromatic carboxylic acids is 1. The van der Waals surface area contributed by atoms with Gasteiger partial charge in [0.05, 0.1) is 5.56 Å². The van der Waals surface area contributed by atoms with Gasteiger partial charge in [0, 0.05) is 6.04 Å². The molecule has 0 spiro atoms. The van der Waals surface area contributed by atoms with Crippen molar-refractivity contribution in [1.82, 2.24) is 4.90 Å². The molecule has 2 aromatic carbocycles. The summed E-state index contributed by atoms with van der Waals surface area (Å²) in [5.74, 6) is -0.894. The predicted molar refractivity (Wildman–Crippen MR) is 85.7 cm³/mol. The van der Waals surface area contributed by atoms with Gasteiger partial charge in [-0.15, -0.1) is 0 Å². The van der Waals surface area contributed by atoms with E-state index in [1.54, 1.807) is 12.1 Å². The molecule has 0 bridgehead atoms. The Morgan fingerprint density at radius 1 is 1.14 bits per heavy atom. The average Bonchev–Trinajstić information content (AvgIpc) is 2.46. The minimum absolute atomic E-state index is 0.313. The summed E-state index contributed by atoms with van der Waals surface area (Å²) in [7, 11) is 4.10. The highest BCUT2D eigenvalue weighted by Crippen LogP contribution is 2.28. The molecule has 0 aliphatic heterocycles. The lowest BCUT2D eigenvalue weighted by Gasteiger charge is -2.21. The van der Waals surface area contributed by atoms with Gasteiger partial charge in [-0.1, -0.05) is 24.3 Å². The van der Waals surface area contributed by atoms with Crippen molar-refractivity contribution in [2.75, 3.05) is 14.1 Å². The van der Waals surface area contributed by atoms with E-state index in [1.807, 2.05) is 39.2 Å². The Morgan fingerprint density at radius 3 is 2.48 bits per heavy atom. The number of carboxylic acid groups (broad SMARTS) is 1. The fourth-order valence-electron chi connectivity index (χ4n) is 2.33. The number of benzene rings is 2. The van der Waals surface area contributed by atoms with Gasteiger partial charge in [-0.3, -0.25) is 0 Å². The van der Waals surface area contributed by atoms with E-state index >= 15 is 0 Å². The Morgan fingerprint density at radius 2 is 1.86 bits per heavy atom. The summed E-state index contributed by atoms with van der Waals surface area (Å²) in [5, 5.41) is 9.16. The molecule has 0 saturated carbocycles. The molecular weight excluding hydrogens is 262 g/mol. The van der Waals surface area contributed by atoms with E-state index in [0.29, 0.717) is 11.6 Å². The van der Waals surface area contributed by atoms with Gasteiger partial charge in [0.15, 0.2) is 0 Å². The normalized spacial score (nSPS) is 12.4. The van der Waals surface area contributed by atoms with E-state index in [-0.39, 0.29) is 0 Å². The maximum atomic E-state index is 11.2. The van der Waals surface area contributed by atoms with Crippen LogP contribution >= 0.6 is 0 Å². The highest BCUT2D eigenvalue weighted by molar-refractivity contribution is 5.90. The van der Waals surface area contributed by atoms with Gasteiger partial charge in [-0.2, -0.15) is 0 Å². The Balaban J connectivity index is 2.49. The van der Waals surface area contributed by atoms with E-state index in [9.17, 15) is 4.79 Å². The molecule has 21 heavy (non-hydrogen) atoms. The SMILES string of the molecule is Cc1ccc(C(=O)O)cc1-c1cccc([C@@H](C)N(C)C)c1. The molecule has 0 amide bonds. The van der Waals surface area contributed by atoms with Crippen molar-refractivity contribution in [1.29, 1.82) is 0 Å². The molecular formula is C18H21NO2. The molecule has 0 aromatic heterocycles. The van der Waals surface area contributed by atoms with Crippen LogP contribution in [-0.4, -0.2) is 30.1 Å². The largest absolute Gasteiger partial charge is 0.478 e.